The molecule has 1 aromatic rings. The highest BCUT2D eigenvalue weighted by Gasteiger charge is 2.28. The Morgan fingerprint density at radius 3 is 2.71 bits per heavy atom. The van der Waals surface area contributed by atoms with E-state index in [0.29, 0.717) is 11.0 Å². The molecular formula is C15H21N3O2S. The van der Waals surface area contributed by atoms with Gasteiger partial charge in [0.05, 0.1) is 6.54 Å². The third-order valence-corrected chi connectivity index (χ3v) is 5.00. The molecule has 0 aliphatic carbocycles. The second-order valence-corrected chi connectivity index (χ2v) is 6.86. The molecule has 0 bridgehead atoms. The van der Waals surface area contributed by atoms with Crippen LogP contribution in [0.15, 0.2) is 21.5 Å². The summed E-state index contributed by atoms with van der Waals surface area (Å²) in [5.74, 6) is 1.33. The minimum atomic E-state index is 0.00346. The van der Waals surface area contributed by atoms with Gasteiger partial charge < -0.3 is 14.2 Å². The van der Waals surface area contributed by atoms with E-state index in [1.54, 1.807) is 6.07 Å². The Bertz CT molecular complexity index is 547. The minimum Gasteiger partial charge on any atom is -0.456 e. The molecule has 21 heavy (non-hydrogen) atoms. The van der Waals surface area contributed by atoms with E-state index in [4.69, 9.17) is 4.42 Å². The van der Waals surface area contributed by atoms with Crippen LogP contribution < -0.4 is 0 Å². The van der Waals surface area contributed by atoms with Crippen molar-refractivity contribution in [2.75, 3.05) is 32.7 Å². The lowest BCUT2D eigenvalue weighted by Gasteiger charge is -2.35. The second-order valence-electron chi connectivity index (χ2n) is 5.45. The first-order valence-corrected chi connectivity index (χ1v) is 8.39. The van der Waals surface area contributed by atoms with E-state index < -0.39 is 0 Å². The van der Waals surface area contributed by atoms with E-state index in [9.17, 15) is 4.79 Å². The number of carbonyl (C=O) groups excluding carboxylic acids is 1. The number of furan rings is 1. The highest BCUT2D eigenvalue weighted by atomic mass is 32.2. The zero-order valence-electron chi connectivity index (χ0n) is 12.5. The molecular weight excluding hydrogens is 286 g/mol. The molecule has 1 saturated heterocycles. The molecule has 0 spiro atoms. The van der Waals surface area contributed by atoms with Crippen LogP contribution in [0.5, 0.6) is 0 Å². The van der Waals surface area contributed by atoms with Crippen molar-refractivity contribution in [2.24, 2.45) is 4.99 Å². The van der Waals surface area contributed by atoms with Crippen LogP contribution >= 0.6 is 11.8 Å². The topological polar surface area (TPSA) is 49.1 Å². The molecule has 3 heterocycles. The summed E-state index contributed by atoms with van der Waals surface area (Å²) in [6.07, 6.45) is 0.816. The SMILES string of the molecule is CCc1ccc(C(=O)N2CCN(C3=NCC(C)S3)CC2)o1. The van der Waals surface area contributed by atoms with Crippen molar-refractivity contribution in [3.63, 3.8) is 0 Å². The van der Waals surface area contributed by atoms with Gasteiger partial charge in [0.15, 0.2) is 10.9 Å². The summed E-state index contributed by atoms with van der Waals surface area (Å²) in [6.45, 7) is 8.29. The Hall–Kier alpha value is -1.43. The van der Waals surface area contributed by atoms with Gasteiger partial charge in [-0.2, -0.15) is 0 Å². The number of piperazine rings is 1. The van der Waals surface area contributed by atoms with Crippen molar-refractivity contribution in [3.8, 4) is 0 Å². The summed E-state index contributed by atoms with van der Waals surface area (Å²) in [6, 6.07) is 3.67. The van der Waals surface area contributed by atoms with Gasteiger partial charge in [-0.3, -0.25) is 9.79 Å². The van der Waals surface area contributed by atoms with Gasteiger partial charge in [0.1, 0.15) is 5.76 Å². The number of amidine groups is 1. The maximum atomic E-state index is 12.4. The number of aryl methyl sites for hydroxylation is 1. The van der Waals surface area contributed by atoms with E-state index >= 15 is 0 Å². The van der Waals surface area contributed by atoms with Crippen LogP contribution in [0, 0.1) is 0 Å². The zero-order chi connectivity index (χ0) is 14.8. The second kappa shape index (κ2) is 6.13. The van der Waals surface area contributed by atoms with Crippen LogP contribution in [0.4, 0.5) is 0 Å². The Labute approximate surface area is 129 Å². The first-order valence-electron chi connectivity index (χ1n) is 7.51. The number of amides is 1. The van der Waals surface area contributed by atoms with E-state index in [-0.39, 0.29) is 5.91 Å². The smallest absolute Gasteiger partial charge is 0.289 e. The standard InChI is InChI=1S/C15H21N3O2S/c1-3-12-4-5-13(20-12)14(19)17-6-8-18(9-7-17)15-16-10-11(2)21-15/h4-5,11H,3,6-10H2,1-2H3. The minimum absolute atomic E-state index is 0.00346. The summed E-state index contributed by atoms with van der Waals surface area (Å²) in [5, 5.41) is 1.72. The number of nitrogens with zero attached hydrogens (tertiary/aromatic N) is 3. The molecule has 1 atom stereocenters. The van der Waals surface area contributed by atoms with Gasteiger partial charge in [0.2, 0.25) is 0 Å². The molecule has 1 amide bonds. The largest absolute Gasteiger partial charge is 0.456 e. The lowest BCUT2D eigenvalue weighted by Crippen LogP contribution is -2.49. The number of thioether (sulfide) groups is 1. The Kier molecular flexibility index (Phi) is 4.24. The van der Waals surface area contributed by atoms with Crippen LogP contribution in [-0.4, -0.2) is 58.8 Å². The Balaban J connectivity index is 1.57. The number of rotatable bonds is 2. The number of hydrogen-bond donors (Lipinski definition) is 0. The summed E-state index contributed by atoms with van der Waals surface area (Å²) >= 11 is 1.84. The quantitative estimate of drug-likeness (QED) is 0.839. The van der Waals surface area contributed by atoms with Crippen molar-refractivity contribution in [2.45, 2.75) is 25.5 Å². The normalized spacial score (nSPS) is 22.6. The highest BCUT2D eigenvalue weighted by Crippen LogP contribution is 2.24. The fourth-order valence-electron chi connectivity index (χ4n) is 2.58. The predicted molar refractivity (Wildman–Crippen MR) is 84.9 cm³/mol. The molecule has 0 N–H and O–H groups in total. The van der Waals surface area contributed by atoms with Gasteiger partial charge >= 0.3 is 0 Å². The van der Waals surface area contributed by atoms with Crippen molar-refractivity contribution in [3.05, 3.63) is 23.7 Å². The van der Waals surface area contributed by atoms with Crippen LogP contribution in [-0.2, 0) is 6.42 Å². The first kappa shape index (κ1) is 14.5. The molecule has 0 saturated carbocycles. The summed E-state index contributed by atoms with van der Waals surface area (Å²) in [7, 11) is 0. The predicted octanol–water partition coefficient (Wildman–Crippen LogP) is 2.09. The maximum absolute atomic E-state index is 12.4. The summed E-state index contributed by atoms with van der Waals surface area (Å²) in [5.41, 5.74) is 0. The van der Waals surface area contributed by atoms with Crippen LogP contribution in [0.2, 0.25) is 0 Å². The lowest BCUT2D eigenvalue weighted by atomic mass is 10.3. The van der Waals surface area contributed by atoms with Gasteiger partial charge in [-0.25, -0.2) is 0 Å². The van der Waals surface area contributed by atoms with Gasteiger partial charge in [-0.05, 0) is 12.1 Å². The molecule has 0 radical (unpaired) electrons. The average Bonchev–Trinajstić information content (AvgIpc) is 3.15. The zero-order valence-corrected chi connectivity index (χ0v) is 13.4. The fraction of sp³-hybridized carbons (Fsp3) is 0.600. The molecule has 1 unspecified atom stereocenters. The summed E-state index contributed by atoms with van der Waals surface area (Å²) in [4.78, 5) is 21.1. The van der Waals surface area contributed by atoms with Crippen LogP contribution in [0.1, 0.15) is 30.2 Å². The molecule has 3 rings (SSSR count). The number of aliphatic imine (C=N–C) groups is 1. The van der Waals surface area contributed by atoms with Crippen LogP contribution in [0.25, 0.3) is 0 Å². The van der Waals surface area contributed by atoms with Crippen molar-refractivity contribution in [1.29, 1.82) is 0 Å². The van der Waals surface area contributed by atoms with Crippen molar-refractivity contribution in [1.82, 2.24) is 9.80 Å². The van der Waals surface area contributed by atoms with Gasteiger partial charge in [-0.15, -0.1) is 0 Å². The molecule has 2 aliphatic heterocycles. The molecule has 0 aromatic carbocycles. The van der Waals surface area contributed by atoms with Gasteiger partial charge in [0.25, 0.3) is 5.91 Å². The molecule has 2 aliphatic rings. The first-order chi connectivity index (χ1) is 10.2. The average molecular weight is 307 g/mol. The maximum Gasteiger partial charge on any atom is 0.289 e. The van der Waals surface area contributed by atoms with E-state index in [1.165, 1.54) is 0 Å². The molecule has 1 fully saturated rings. The molecule has 6 heteroatoms. The molecule has 5 nitrogen and oxygen atoms in total. The van der Waals surface area contributed by atoms with Gasteiger partial charge in [-0.1, -0.05) is 25.6 Å². The van der Waals surface area contributed by atoms with E-state index in [1.807, 2.05) is 29.7 Å². The lowest BCUT2D eigenvalue weighted by molar-refractivity contribution is 0.0660. The monoisotopic (exact) mass is 307 g/mol. The fourth-order valence-corrected chi connectivity index (χ4v) is 3.56. The van der Waals surface area contributed by atoms with E-state index in [2.05, 4.69) is 16.8 Å². The number of carbonyl (C=O) groups is 1. The molecule has 114 valence electrons. The van der Waals surface area contributed by atoms with E-state index in [0.717, 1.165) is 50.1 Å². The van der Waals surface area contributed by atoms with Crippen molar-refractivity contribution < 1.29 is 9.21 Å². The third-order valence-electron chi connectivity index (χ3n) is 3.85. The van der Waals surface area contributed by atoms with Crippen LogP contribution in [0.3, 0.4) is 0 Å². The summed E-state index contributed by atoms with van der Waals surface area (Å²) < 4.78 is 5.56. The van der Waals surface area contributed by atoms with Gasteiger partial charge in [0, 0.05) is 37.8 Å². The number of hydrogen-bond acceptors (Lipinski definition) is 5. The molecule has 1 aromatic heterocycles. The Morgan fingerprint density at radius 1 is 1.38 bits per heavy atom. The van der Waals surface area contributed by atoms with Crippen molar-refractivity contribution >= 4 is 22.8 Å². The Morgan fingerprint density at radius 2 is 2.14 bits per heavy atom. The third kappa shape index (κ3) is 3.10. The highest BCUT2D eigenvalue weighted by molar-refractivity contribution is 8.14.